The summed E-state index contributed by atoms with van der Waals surface area (Å²) in [5.41, 5.74) is 2.73. The molecule has 2 aliphatic carbocycles. The summed E-state index contributed by atoms with van der Waals surface area (Å²) in [5.74, 6) is 1.32. The number of carbonyl (C=O) groups is 2. The predicted octanol–water partition coefficient (Wildman–Crippen LogP) is 3.33. The van der Waals surface area contributed by atoms with Crippen LogP contribution in [0.1, 0.15) is 62.1 Å². The maximum Gasteiger partial charge on any atom is 0.288 e. The van der Waals surface area contributed by atoms with Crippen LogP contribution in [0, 0.1) is 11.8 Å². The smallest absolute Gasteiger partial charge is 0.288 e. The molecule has 166 valence electrons. The molecule has 0 saturated heterocycles. The maximum atomic E-state index is 12.5. The number of hydrogen-bond donors (Lipinski definition) is 2. The van der Waals surface area contributed by atoms with Crippen LogP contribution in [0.3, 0.4) is 0 Å². The molecule has 0 spiro atoms. The van der Waals surface area contributed by atoms with Gasteiger partial charge in [-0.15, -0.1) is 5.10 Å². The maximum absolute atomic E-state index is 12.5. The lowest BCUT2D eigenvalue weighted by atomic mass is 10.0. The Morgan fingerprint density at radius 1 is 0.969 bits per heavy atom. The van der Waals surface area contributed by atoms with Gasteiger partial charge in [0, 0.05) is 24.1 Å². The highest BCUT2D eigenvalue weighted by Crippen LogP contribution is 2.33. The summed E-state index contributed by atoms with van der Waals surface area (Å²) in [6.45, 7) is 4.05. The Morgan fingerprint density at radius 2 is 1.62 bits per heavy atom. The van der Waals surface area contributed by atoms with E-state index in [0.717, 1.165) is 29.7 Å². The van der Waals surface area contributed by atoms with Crippen molar-refractivity contribution < 1.29 is 14.0 Å². The number of nitrogens with zero attached hydrogens (tertiary/aromatic N) is 3. The molecule has 2 fully saturated rings. The fourth-order valence-corrected chi connectivity index (χ4v) is 3.98. The molecule has 2 saturated carbocycles. The molecule has 8 nitrogen and oxygen atoms in total. The molecule has 0 unspecified atom stereocenters. The second kappa shape index (κ2) is 8.33. The van der Waals surface area contributed by atoms with Crippen molar-refractivity contribution in [3.63, 3.8) is 0 Å². The summed E-state index contributed by atoms with van der Waals surface area (Å²) >= 11 is 0. The van der Waals surface area contributed by atoms with E-state index in [2.05, 4.69) is 25.8 Å². The minimum Gasteiger partial charge on any atom is -0.431 e. The topological polar surface area (TPSA) is 109 Å². The highest BCUT2D eigenvalue weighted by atomic mass is 16.4. The average Bonchev–Trinajstić information content (AvgIpc) is 3.72. The Hall–Kier alpha value is -3.29. The van der Waals surface area contributed by atoms with Crippen molar-refractivity contribution in [1.82, 2.24) is 15.6 Å². The van der Waals surface area contributed by atoms with Gasteiger partial charge in [-0.25, -0.2) is 4.98 Å². The van der Waals surface area contributed by atoms with Crippen LogP contribution in [0.2, 0.25) is 0 Å². The van der Waals surface area contributed by atoms with Crippen LogP contribution in [0.4, 0.5) is 0 Å². The van der Waals surface area contributed by atoms with E-state index < -0.39 is 0 Å². The largest absolute Gasteiger partial charge is 0.431 e. The summed E-state index contributed by atoms with van der Waals surface area (Å²) in [6.07, 6.45) is 6.50. The van der Waals surface area contributed by atoms with E-state index >= 15 is 0 Å². The van der Waals surface area contributed by atoms with Gasteiger partial charge >= 0.3 is 0 Å². The number of amides is 2. The van der Waals surface area contributed by atoms with E-state index in [1.54, 1.807) is 0 Å². The fraction of sp³-hybridized carbons (Fsp3) is 0.458. The molecule has 2 N–H and O–H groups in total. The average molecular weight is 434 g/mol. The predicted molar refractivity (Wildman–Crippen MR) is 121 cm³/mol. The van der Waals surface area contributed by atoms with E-state index in [-0.39, 0.29) is 29.7 Å². The van der Waals surface area contributed by atoms with Gasteiger partial charge in [0.1, 0.15) is 5.71 Å². The lowest BCUT2D eigenvalue weighted by molar-refractivity contribution is -0.115. The van der Waals surface area contributed by atoms with E-state index in [1.165, 1.54) is 19.0 Å². The standard InChI is InChI=1S/C24H27N5O3/c1-13(15-6-7-15)26-22(30)20-11-19(28-29-20)17-4-3-5-18(10-17)24-25-12-21(32-24)23(31)27-14(2)16-8-9-16/h3-5,10,12-16H,6-9,11H2,1-2H3,(H,26,30)(H,27,31)/t13-,14+/m0/s1. The number of rotatable bonds is 8. The Morgan fingerprint density at radius 3 is 2.31 bits per heavy atom. The van der Waals surface area contributed by atoms with Gasteiger partial charge in [0.15, 0.2) is 0 Å². The number of carbonyl (C=O) groups excluding carboxylic acids is 2. The third-order valence-corrected chi connectivity index (χ3v) is 6.44. The monoisotopic (exact) mass is 433 g/mol. The van der Waals surface area contributed by atoms with E-state index in [9.17, 15) is 9.59 Å². The number of benzene rings is 1. The van der Waals surface area contributed by atoms with Gasteiger partial charge in [-0.05, 0) is 69.1 Å². The molecular weight excluding hydrogens is 406 g/mol. The van der Waals surface area contributed by atoms with Crippen LogP contribution in [0.5, 0.6) is 0 Å². The molecular formula is C24H27N5O3. The SMILES string of the molecule is C[C@H](NC(=O)C1=NN=C(c2cccc(-c3ncc(C(=O)N[C@H](C)C4CC4)o3)c2)C1)C1CC1. The summed E-state index contributed by atoms with van der Waals surface area (Å²) in [4.78, 5) is 29.2. The number of oxazole rings is 1. The highest BCUT2D eigenvalue weighted by Gasteiger charge is 2.31. The lowest BCUT2D eigenvalue weighted by Gasteiger charge is -2.12. The van der Waals surface area contributed by atoms with Crippen molar-refractivity contribution in [2.24, 2.45) is 22.0 Å². The van der Waals surface area contributed by atoms with Crippen LogP contribution in [-0.2, 0) is 4.79 Å². The first-order chi connectivity index (χ1) is 15.5. The first-order valence-corrected chi connectivity index (χ1v) is 11.3. The van der Waals surface area contributed by atoms with Crippen LogP contribution in [-0.4, -0.2) is 40.3 Å². The zero-order chi connectivity index (χ0) is 22.2. The Balaban J connectivity index is 1.23. The van der Waals surface area contributed by atoms with Gasteiger partial charge in [-0.2, -0.15) is 5.10 Å². The second-order valence-electron chi connectivity index (χ2n) is 9.08. The number of nitrogens with one attached hydrogen (secondary N) is 2. The highest BCUT2D eigenvalue weighted by molar-refractivity contribution is 6.44. The Bertz CT molecular complexity index is 1110. The summed E-state index contributed by atoms with van der Waals surface area (Å²) in [7, 11) is 0. The molecule has 2 heterocycles. The molecule has 1 aliphatic heterocycles. The van der Waals surface area contributed by atoms with Gasteiger partial charge in [0.05, 0.1) is 11.9 Å². The van der Waals surface area contributed by atoms with E-state index in [1.807, 2.05) is 38.1 Å². The van der Waals surface area contributed by atoms with Crippen LogP contribution >= 0.6 is 0 Å². The van der Waals surface area contributed by atoms with Gasteiger partial charge in [-0.1, -0.05) is 12.1 Å². The lowest BCUT2D eigenvalue weighted by Crippen LogP contribution is -2.38. The molecule has 1 aromatic carbocycles. The fourth-order valence-electron chi connectivity index (χ4n) is 3.98. The van der Waals surface area contributed by atoms with Gasteiger partial charge in [0.2, 0.25) is 11.7 Å². The molecule has 1 aromatic heterocycles. The molecule has 2 amide bonds. The van der Waals surface area contributed by atoms with Crippen molar-refractivity contribution in [3.8, 4) is 11.5 Å². The Kier molecular flexibility index (Phi) is 5.36. The summed E-state index contributed by atoms with van der Waals surface area (Å²) < 4.78 is 5.73. The quantitative estimate of drug-likeness (QED) is 0.665. The van der Waals surface area contributed by atoms with Gasteiger partial charge in [-0.3, -0.25) is 9.59 Å². The van der Waals surface area contributed by atoms with Gasteiger partial charge in [0.25, 0.3) is 11.8 Å². The number of hydrogen-bond acceptors (Lipinski definition) is 6. The van der Waals surface area contributed by atoms with Crippen molar-refractivity contribution in [2.45, 2.75) is 58.0 Å². The first-order valence-electron chi connectivity index (χ1n) is 11.3. The molecule has 2 aromatic rings. The molecule has 3 aliphatic rings. The minimum absolute atomic E-state index is 0.137. The van der Waals surface area contributed by atoms with E-state index in [0.29, 0.717) is 29.9 Å². The molecule has 0 bridgehead atoms. The summed E-state index contributed by atoms with van der Waals surface area (Å²) in [6, 6.07) is 7.85. The van der Waals surface area contributed by atoms with Crippen LogP contribution in [0.15, 0.2) is 45.1 Å². The molecule has 5 rings (SSSR count). The molecule has 8 heteroatoms. The molecule has 0 radical (unpaired) electrons. The zero-order valence-electron chi connectivity index (χ0n) is 18.3. The third kappa shape index (κ3) is 4.49. The Labute approximate surface area is 186 Å². The minimum atomic E-state index is -0.246. The van der Waals surface area contributed by atoms with Crippen molar-refractivity contribution in [3.05, 3.63) is 41.8 Å². The van der Waals surface area contributed by atoms with E-state index in [4.69, 9.17) is 4.42 Å². The van der Waals surface area contributed by atoms with Gasteiger partial charge < -0.3 is 15.1 Å². The van der Waals surface area contributed by atoms with Crippen molar-refractivity contribution >= 4 is 23.2 Å². The zero-order valence-corrected chi connectivity index (χ0v) is 18.3. The third-order valence-electron chi connectivity index (χ3n) is 6.44. The number of aromatic nitrogens is 1. The summed E-state index contributed by atoms with van der Waals surface area (Å²) in [5, 5.41) is 14.3. The molecule has 32 heavy (non-hydrogen) atoms. The normalized spacial score (nSPS) is 19.7. The van der Waals surface area contributed by atoms with Crippen LogP contribution < -0.4 is 10.6 Å². The van der Waals surface area contributed by atoms with Crippen molar-refractivity contribution in [2.75, 3.05) is 0 Å². The molecule has 2 atom stereocenters. The first kappa shape index (κ1) is 20.6. The van der Waals surface area contributed by atoms with Crippen molar-refractivity contribution in [1.29, 1.82) is 0 Å². The second-order valence-corrected chi connectivity index (χ2v) is 9.08. The van der Waals surface area contributed by atoms with Crippen LogP contribution in [0.25, 0.3) is 11.5 Å².